The number of hydrogen-bond donors (Lipinski definition) is 2. The van der Waals surface area contributed by atoms with Gasteiger partial charge in [0.1, 0.15) is 0 Å². The quantitative estimate of drug-likeness (QED) is 0.662. The minimum absolute atomic E-state index is 0.119. The van der Waals surface area contributed by atoms with E-state index in [2.05, 4.69) is 12.2 Å². The third-order valence-corrected chi connectivity index (χ3v) is 3.60. The lowest BCUT2D eigenvalue weighted by molar-refractivity contribution is -0.0468. The standard InChI is InChI=1S/C14H29NO3/c1-4-8-15-14(11-16)7-6-13(9-14)18-12(3)10-17-5-2/h12-13,15-16H,4-11H2,1-3H3. The normalized spacial score (nSPS) is 29.7. The van der Waals surface area contributed by atoms with Gasteiger partial charge in [-0.05, 0) is 46.1 Å². The van der Waals surface area contributed by atoms with Gasteiger partial charge in [-0.2, -0.15) is 0 Å². The van der Waals surface area contributed by atoms with Gasteiger partial charge in [0.2, 0.25) is 0 Å². The minimum Gasteiger partial charge on any atom is -0.394 e. The first-order valence-corrected chi connectivity index (χ1v) is 7.25. The van der Waals surface area contributed by atoms with Crippen LogP contribution in [-0.4, -0.2) is 49.2 Å². The van der Waals surface area contributed by atoms with Gasteiger partial charge in [-0.25, -0.2) is 0 Å². The van der Waals surface area contributed by atoms with Crippen molar-refractivity contribution in [3.8, 4) is 0 Å². The third kappa shape index (κ3) is 4.84. The molecule has 1 fully saturated rings. The molecule has 0 aliphatic heterocycles. The van der Waals surface area contributed by atoms with Crippen molar-refractivity contribution in [3.05, 3.63) is 0 Å². The van der Waals surface area contributed by atoms with Crippen LogP contribution in [0.4, 0.5) is 0 Å². The molecule has 0 amide bonds. The fourth-order valence-electron chi connectivity index (χ4n) is 2.60. The van der Waals surface area contributed by atoms with Crippen LogP contribution in [-0.2, 0) is 9.47 Å². The second-order valence-corrected chi connectivity index (χ2v) is 5.34. The average molecular weight is 259 g/mol. The summed E-state index contributed by atoms with van der Waals surface area (Å²) in [7, 11) is 0. The van der Waals surface area contributed by atoms with Crippen molar-refractivity contribution in [2.24, 2.45) is 0 Å². The predicted molar refractivity (Wildman–Crippen MR) is 72.8 cm³/mol. The SMILES string of the molecule is CCCNC1(CO)CCC(OC(C)COCC)C1. The summed E-state index contributed by atoms with van der Waals surface area (Å²) in [5.41, 5.74) is -0.119. The zero-order chi connectivity index (χ0) is 13.4. The maximum absolute atomic E-state index is 9.59. The van der Waals surface area contributed by atoms with Crippen molar-refractivity contribution in [1.82, 2.24) is 5.32 Å². The van der Waals surface area contributed by atoms with Crippen molar-refractivity contribution in [2.75, 3.05) is 26.4 Å². The number of nitrogens with one attached hydrogen (secondary N) is 1. The Hall–Kier alpha value is -0.160. The second-order valence-electron chi connectivity index (χ2n) is 5.34. The Morgan fingerprint density at radius 2 is 2.22 bits per heavy atom. The highest BCUT2D eigenvalue weighted by Crippen LogP contribution is 2.32. The summed E-state index contributed by atoms with van der Waals surface area (Å²) in [6.45, 7) is 8.74. The summed E-state index contributed by atoms with van der Waals surface area (Å²) < 4.78 is 11.3. The summed E-state index contributed by atoms with van der Waals surface area (Å²) in [4.78, 5) is 0. The molecule has 2 N–H and O–H groups in total. The van der Waals surface area contributed by atoms with Gasteiger partial charge in [0, 0.05) is 12.1 Å². The van der Waals surface area contributed by atoms with Gasteiger partial charge in [0.15, 0.2) is 0 Å². The lowest BCUT2D eigenvalue weighted by atomic mass is 9.98. The number of hydrogen-bond acceptors (Lipinski definition) is 4. The van der Waals surface area contributed by atoms with Gasteiger partial charge in [-0.1, -0.05) is 6.92 Å². The van der Waals surface area contributed by atoms with E-state index in [0.29, 0.717) is 6.61 Å². The Bertz CT molecular complexity index is 225. The Labute approximate surface area is 111 Å². The first-order chi connectivity index (χ1) is 8.65. The van der Waals surface area contributed by atoms with E-state index < -0.39 is 0 Å². The van der Waals surface area contributed by atoms with E-state index in [0.717, 1.165) is 38.8 Å². The van der Waals surface area contributed by atoms with E-state index in [9.17, 15) is 5.11 Å². The number of ether oxygens (including phenoxy) is 2. The monoisotopic (exact) mass is 259 g/mol. The van der Waals surface area contributed by atoms with E-state index in [-0.39, 0.29) is 24.4 Å². The highest BCUT2D eigenvalue weighted by Gasteiger charge is 2.39. The summed E-state index contributed by atoms with van der Waals surface area (Å²) in [5, 5.41) is 13.1. The van der Waals surface area contributed by atoms with Gasteiger partial charge in [-0.15, -0.1) is 0 Å². The molecule has 0 aromatic heterocycles. The number of aliphatic hydroxyl groups excluding tert-OH is 1. The molecule has 4 heteroatoms. The Morgan fingerprint density at radius 3 is 2.83 bits per heavy atom. The molecule has 0 radical (unpaired) electrons. The zero-order valence-corrected chi connectivity index (χ0v) is 12.1. The summed E-state index contributed by atoms with van der Waals surface area (Å²) in [6.07, 6.45) is 4.39. The van der Waals surface area contributed by atoms with Crippen molar-refractivity contribution >= 4 is 0 Å². The van der Waals surface area contributed by atoms with E-state index in [1.807, 2.05) is 13.8 Å². The van der Waals surface area contributed by atoms with Crippen LogP contribution >= 0.6 is 0 Å². The number of rotatable bonds is 9. The predicted octanol–water partition coefficient (Wildman–Crippen LogP) is 1.71. The molecule has 4 nitrogen and oxygen atoms in total. The van der Waals surface area contributed by atoms with Gasteiger partial charge >= 0.3 is 0 Å². The first-order valence-electron chi connectivity index (χ1n) is 7.25. The van der Waals surface area contributed by atoms with Crippen molar-refractivity contribution in [1.29, 1.82) is 0 Å². The van der Waals surface area contributed by atoms with Gasteiger partial charge in [0.25, 0.3) is 0 Å². The Morgan fingerprint density at radius 1 is 1.44 bits per heavy atom. The highest BCUT2D eigenvalue weighted by molar-refractivity contribution is 4.96. The van der Waals surface area contributed by atoms with Crippen molar-refractivity contribution < 1.29 is 14.6 Å². The van der Waals surface area contributed by atoms with E-state index >= 15 is 0 Å². The molecule has 1 aliphatic rings. The molecule has 1 aliphatic carbocycles. The fraction of sp³-hybridized carbons (Fsp3) is 1.00. The molecule has 0 spiro atoms. The molecule has 3 unspecified atom stereocenters. The van der Waals surface area contributed by atoms with Crippen LogP contribution in [0.1, 0.15) is 46.5 Å². The first kappa shape index (κ1) is 15.9. The minimum atomic E-state index is -0.119. The maximum Gasteiger partial charge on any atom is 0.0784 e. The lowest BCUT2D eigenvalue weighted by Gasteiger charge is -2.29. The molecule has 1 saturated carbocycles. The van der Waals surface area contributed by atoms with Gasteiger partial charge in [0.05, 0.1) is 25.4 Å². The Kier molecular flexibility index (Phi) is 7.15. The molecule has 0 heterocycles. The average Bonchev–Trinajstić information content (AvgIpc) is 2.78. The largest absolute Gasteiger partial charge is 0.394 e. The molecule has 1 rings (SSSR count). The maximum atomic E-state index is 9.59. The van der Waals surface area contributed by atoms with E-state index in [1.54, 1.807) is 0 Å². The Balaban J connectivity index is 2.34. The number of aliphatic hydroxyl groups is 1. The zero-order valence-electron chi connectivity index (χ0n) is 12.1. The van der Waals surface area contributed by atoms with Crippen LogP contribution in [0.25, 0.3) is 0 Å². The second kappa shape index (κ2) is 8.10. The summed E-state index contributed by atoms with van der Waals surface area (Å²) >= 11 is 0. The summed E-state index contributed by atoms with van der Waals surface area (Å²) in [5.74, 6) is 0. The van der Waals surface area contributed by atoms with Crippen LogP contribution in [0.5, 0.6) is 0 Å². The molecule has 0 aromatic rings. The van der Waals surface area contributed by atoms with Crippen LogP contribution in [0.2, 0.25) is 0 Å². The van der Waals surface area contributed by atoms with Crippen LogP contribution in [0, 0.1) is 0 Å². The van der Waals surface area contributed by atoms with Gasteiger partial charge < -0.3 is 19.9 Å². The van der Waals surface area contributed by atoms with Crippen molar-refractivity contribution in [2.45, 2.75) is 64.2 Å². The lowest BCUT2D eigenvalue weighted by Crippen LogP contribution is -2.47. The topological polar surface area (TPSA) is 50.7 Å². The molecule has 18 heavy (non-hydrogen) atoms. The van der Waals surface area contributed by atoms with E-state index in [4.69, 9.17) is 9.47 Å². The smallest absolute Gasteiger partial charge is 0.0784 e. The molecular formula is C14H29NO3. The molecular weight excluding hydrogens is 230 g/mol. The molecule has 3 atom stereocenters. The van der Waals surface area contributed by atoms with E-state index in [1.165, 1.54) is 0 Å². The van der Waals surface area contributed by atoms with Crippen molar-refractivity contribution in [3.63, 3.8) is 0 Å². The molecule has 0 aromatic carbocycles. The van der Waals surface area contributed by atoms with Crippen LogP contribution < -0.4 is 5.32 Å². The highest BCUT2D eigenvalue weighted by atomic mass is 16.5. The molecule has 108 valence electrons. The molecule has 0 saturated heterocycles. The molecule has 0 bridgehead atoms. The van der Waals surface area contributed by atoms with Crippen LogP contribution in [0.3, 0.4) is 0 Å². The van der Waals surface area contributed by atoms with Crippen LogP contribution in [0.15, 0.2) is 0 Å². The van der Waals surface area contributed by atoms with Gasteiger partial charge in [-0.3, -0.25) is 0 Å². The third-order valence-electron chi connectivity index (χ3n) is 3.60. The summed E-state index contributed by atoms with van der Waals surface area (Å²) in [6, 6.07) is 0. The fourth-order valence-corrected chi connectivity index (χ4v) is 2.60.